The summed E-state index contributed by atoms with van der Waals surface area (Å²) >= 11 is 12.2. The van der Waals surface area contributed by atoms with Gasteiger partial charge in [0.05, 0.1) is 15.0 Å². The lowest BCUT2D eigenvalue weighted by Crippen LogP contribution is -2.25. The number of nitro groups is 1. The molecule has 0 unspecified atom stereocenters. The molecule has 0 spiro atoms. The summed E-state index contributed by atoms with van der Waals surface area (Å²) in [6, 6.07) is 5.34. The fraction of sp³-hybridized carbons (Fsp3) is 0.474. The van der Waals surface area contributed by atoms with Crippen LogP contribution in [0.25, 0.3) is 0 Å². The summed E-state index contributed by atoms with van der Waals surface area (Å²) in [4.78, 5) is 19.2. The first-order chi connectivity index (χ1) is 14.0. The maximum absolute atomic E-state index is 11.3. The van der Waals surface area contributed by atoms with Crippen molar-refractivity contribution >= 4 is 40.7 Å². The highest BCUT2D eigenvalue weighted by atomic mass is 35.5. The van der Waals surface area contributed by atoms with Gasteiger partial charge in [-0.3, -0.25) is 10.1 Å². The highest BCUT2D eigenvalue weighted by Crippen LogP contribution is 2.30. The van der Waals surface area contributed by atoms with E-state index < -0.39 is 4.92 Å². The molecule has 3 rings (SSSR count). The number of hydrogen-bond acceptors (Lipinski definition) is 7. The van der Waals surface area contributed by atoms with E-state index in [-0.39, 0.29) is 17.5 Å². The monoisotopic (exact) mass is 438 g/mol. The van der Waals surface area contributed by atoms with Gasteiger partial charge in [-0.15, -0.1) is 0 Å². The molecule has 0 aliphatic heterocycles. The van der Waals surface area contributed by atoms with Crippen molar-refractivity contribution in [2.45, 2.75) is 32.2 Å². The minimum Gasteiger partial charge on any atom is -0.364 e. The van der Waals surface area contributed by atoms with Crippen LogP contribution in [0.3, 0.4) is 0 Å². The van der Waals surface area contributed by atoms with Crippen molar-refractivity contribution < 1.29 is 4.92 Å². The molecule has 29 heavy (non-hydrogen) atoms. The Hall–Kier alpha value is -2.16. The van der Waals surface area contributed by atoms with Crippen molar-refractivity contribution in [3.8, 4) is 0 Å². The number of hydrogen-bond donors (Lipinski definition) is 3. The molecule has 1 saturated carbocycles. The van der Waals surface area contributed by atoms with Crippen LogP contribution >= 0.6 is 23.2 Å². The number of nitrogens with one attached hydrogen (secondary N) is 2. The van der Waals surface area contributed by atoms with Gasteiger partial charge < -0.3 is 16.4 Å². The molecule has 0 radical (unpaired) electrons. The second-order valence-corrected chi connectivity index (χ2v) is 8.04. The van der Waals surface area contributed by atoms with Gasteiger partial charge in [0.2, 0.25) is 11.8 Å². The van der Waals surface area contributed by atoms with Gasteiger partial charge in [0.1, 0.15) is 6.20 Å². The summed E-state index contributed by atoms with van der Waals surface area (Å²) in [5.74, 6) is 1.54. The Morgan fingerprint density at radius 2 is 1.90 bits per heavy atom. The number of halogens is 2. The smallest absolute Gasteiger partial charge is 0.329 e. The third-order valence-corrected chi connectivity index (χ3v) is 6.15. The fourth-order valence-corrected chi connectivity index (χ4v) is 3.88. The van der Waals surface area contributed by atoms with Crippen molar-refractivity contribution in [1.29, 1.82) is 0 Å². The number of aromatic nitrogens is 2. The van der Waals surface area contributed by atoms with Crippen LogP contribution in [-0.2, 0) is 6.54 Å². The molecule has 0 saturated heterocycles. The molecule has 1 aromatic heterocycles. The lowest BCUT2D eigenvalue weighted by Gasteiger charge is -2.27. The molecule has 8 nitrogen and oxygen atoms in total. The predicted octanol–water partition coefficient (Wildman–Crippen LogP) is 4.48. The number of rotatable bonds is 8. The van der Waals surface area contributed by atoms with E-state index in [0.717, 1.165) is 37.8 Å². The highest BCUT2D eigenvalue weighted by Gasteiger charge is 2.22. The molecule has 10 heteroatoms. The first-order valence-corrected chi connectivity index (χ1v) is 10.4. The van der Waals surface area contributed by atoms with Crippen LogP contribution in [0.2, 0.25) is 10.0 Å². The summed E-state index contributed by atoms with van der Waals surface area (Å²) < 4.78 is 0. The molecular weight excluding hydrogens is 415 g/mol. The Labute approximate surface area is 179 Å². The van der Waals surface area contributed by atoms with Crippen LogP contribution in [0.15, 0.2) is 24.4 Å². The van der Waals surface area contributed by atoms with Crippen molar-refractivity contribution in [3.05, 3.63) is 50.1 Å². The molecule has 1 fully saturated rings. The van der Waals surface area contributed by atoms with E-state index in [1.54, 1.807) is 12.1 Å². The topological polar surface area (TPSA) is 119 Å². The maximum atomic E-state index is 11.3. The summed E-state index contributed by atoms with van der Waals surface area (Å²) in [6.07, 6.45) is 5.53. The number of nitrogens with two attached hydrogens (primary N) is 1. The van der Waals surface area contributed by atoms with E-state index in [1.165, 1.54) is 6.20 Å². The van der Waals surface area contributed by atoms with Crippen LogP contribution in [0.1, 0.15) is 31.2 Å². The van der Waals surface area contributed by atoms with Crippen LogP contribution in [0.4, 0.5) is 17.5 Å². The van der Waals surface area contributed by atoms with Crippen molar-refractivity contribution in [2.24, 2.45) is 17.6 Å². The van der Waals surface area contributed by atoms with Crippen LogP contribution in [-0.4, -0.2) is 28.0 Å². The van der Waals surface area contributed by atoms with Crippen molar-refractivity contribution in [3.63, 3.8) is 0 Å². The molecule has 4 N–H and O–H groups in total. The average Bonchev–Trinajstić information content (AvgIpc) is 2.73. The lowest BCUT2D eigenvalue weighted by molar-refractivity contribution is -0.384. The summed E-state index contributed by atoms with van der Waals surface area (Å²) in [6.45, 7) is 1.71. The van der Waals surface area contributed by atoms with Gasteiger partial charge in [-0.25, -0.2) is 4.98 Å². The van der Waals surface area contributed by atoms with Gasteiger partial charge >= 0.3 is 5.69 Å². The zero-order chi connectivity index (χ0) is 20.8. The molecule has 0 atom stereocenters. The molecule has 1 aromatic carbocycles. The standard InChI is InChI=1S/C19H24Cl2N6O2/c20-15-3-1-2-14(17(15)21)10-24-19-25-11-16(27(28)29)18(26-19)23-9-13-6-4-12(8-22)5-7-13/h1-3,11-13H,4-10,22H2,(H2,23,24,25,26)/t12-,13-. The van der Waals surface area contributed by atoms with Gasteiger partial charge in [0.25, 0.3) is 0 Å². The second-order valence-electron chi connectivity index (χ2n) is 7.25. The molecule has 156 valence electrons. The third kappa shape index (κ3) is 5.68. The van der Waals surface area contributed by atoms with E-state index in [1.807, 2.05) is 6.07 Å². The van der Waals surface area contributed by atoms with Gasteiger partial charge in [0.15, 0.2) is 0 Å². The Bertz CT molecular complexity index is 859. The maximum Gasteiger partial charge on any atom is 0.329 e. The highest BCUT2D eigenvalue weighted by molar-refractivity contribution is 6.42. The second kappa shape index (κ2) is 10.0. The zero-order valence-electron chi connectivity index (χ0n) is 15.9. The first kappa shape index (κ1) is 21.5. The van der Waals surface area contributed by atoms with Gasteiger partial charge in [-0.2, -0.15) is 4.98 Å². The quantitative estimate of drug-likeness (QED) is 0.410. The summed E-state index contributed by atoms with van der Waals surface area (Å²) in [7, 11) is 0. The van der Waals surface area contributed by atoms with E-state index >= 15 is 0 Å². The first-order valence-electron chi connectivity index (χ1n) is 9.60. The Morgan fingerprint density at radius 3 is 2.59 bits per heavy atom. The Kier molecular flexibility index (Phi) is 7.46. The Morgan fingerprint density at radius 1 is 1.17 bits per heavy atom. The molecule has 2 aromatic rings. The number of nitrogens with zero attached hydrogens (tertiary/aromatic N) is 3. The average molecular weight is 439 g/mol. The zero-order valence-corrected chi connectivity index (χ0v) is 17.4. The SMILES string of the molecule is NC[C@H]1CC[C@H](CNc2nc(NCc3cccc(Cl)c3Cl)ncc2[N+](=O)[O-])CC1. The van der Waals surface area contributed by atoms with Crippen molar-refractivity contribution in [1.82, 2.24) is 9.97 Å². The van der Waals surface area contributed by atoms with Gasteiger partial charge in [-0.1, -0.05) is 35.3 Å². The molecule has 0 amide bonds. The summed E-state index contributed by atoms with van der Waals surface area (Å²) in [5.41, 5.74) is 6.38. The van der Waals surface area contributed by atoms with Gasteiger partial charge in [-0.05, 0) is 55.7 Å². The Balaban J connectivity index is 1.66. The van der Waals surface area contributed by atoms with Crippen molar-refractivity contribution in [2.75, 3.05) is 23.7 Å². The van der Waals surface area contributed by atoms with E-state index in [9.17, 15) is 10.1 Å². The molecular formula is C19H24Cl2N6O2. The third-order valence-electron chi connectivity index (χ3n) is 5.29. The molecule has 0 bridgehead atoms. The van der Waals surface area contributed by atoms with E-state index in [0.29, 0.717) is 35.0 Å². The van der Waals surface area contributed by atoms with E-state index in [4.69, 9.17) is 28.9 Å². The molecule has 1 aliphatic carbocycles. The predicted molar refractivity (Wildman–Crippen MR) is 115 cm³/mol. The fourth-order valence-electron chi connectivity index (χ4n) is 3.50. The van der Waals surface area contributed by atoms with Crippen LogP contribution in [0, 0.1) is 22.0 Å². The number of benzene rings is 1. The largest absolute Gasteiger partial charge is 0.364 e. The lowest BCUT2D eigenvalue weighted by atomic mass is 9.82. The van der Waals surface area contributed by atoms with Crippen LogP contribution in [0.5, 0.6) is 0 Å². The minimum atomic E-state index is -0.481. The molecule has 1 heterocycles. The molecule has 1 aliphatic rings. The van der Waals surface area contributed by atoms with Crippen LogP contribution < -0.4 is 16.4 Å². The normalized spacial score (nSPS) is 19.0. The van der Waals surface area contributed by atoms with Gasteiger partial charge in [0, 0.05) is 13.1 Å². The minimum absolute atomic E-state index is 0.146. The number of anilines is 2. The summed E-state index contributed by atoms with van der Waals surface area (Å²) in [5, 5.41) is 18.5. The van der Waals surface area contributed by atoms with E-state index in [2.05, 4.69) is 20.6 Å².